The molecule has 1 heterocycles. The number of esters is 1. The molecule has 0 unspecified atom stereocenters. The Morgan fingerprint density at radius 2 is 1.89 bits per heavy atom. The van der Waals surface area contributed by atoms with Crippen molar-refractivity contribution < 1.29 is 19.1 Å². The Morgan fingerprint density at radius 1 is 1.18 bits per heavy atom. The van der Waals surface area contributed by atoms with Crippen molar-refractivity contribution in [2.24, 2.45) is 0 Å². The van der Waals surface area contributed by atoms with E-state index in [1.54, 1.807) is 44.4 Å². The lowest BCUT2D eigenvalue weighted by molar-refractivity contribution is -0.141. The van der Waals surface area contributed by atoms with Crippen molar-refractivity contribution in [2.45, 2.75) is 25.9 Å². The van der Waals surface area contributed by atoms with Crippen LogP contribution in [0.2, 0.25) is 10.0 Å². The van der Waals surface area contributed by atoms with Gasteiger partial charge in [0.05, 0.1) is 12.7 Å². The second-order valence-electron chi connectivity index (χ2n) is 6.43. The van der Waals surface area contributed by atoms with Gasteiger partial charge < -0.3 is 14.8 Å². The van der Waals surface area contributed by atoms with Crippen molar-refractivity contribution in [1.82, 2.24) is 5.32 Å². The van der Waals surface area contributed by atoms with Crippen molar-refractivity contribution in [3.8, 4) is 5.75 Å². The molecule has 1 aliphatic heterocycles. The number of carbonyl (C=O) groups is 2. The SMILES string of the molecule is COc1ccc(COC(=O)C2=C(C)NC(=O)C[C@@H]2c2ccc(Cl)cc2Cl)cc1. The summed E-state index contributed by atoms with van der Waals surface area (Å²) in [4.78, 5) is 24.9. The molecule has 2 aromatic rings. The van der Waals surface area contributed by atoms with Crippen LogP contribution in [0.25, 0.3) is 0 Å². The van der Waals surface area contributed by atoms with Crippen LogP contribution in [0.4, 0.5) is 0 Å². The van der Waals surface area contributed by atoms with Gasteiger partial charge in [0.2, 0.25) is 5.91 Å². The third-order valence-electron chi connectivity index (χ3n) is 4.56. The van der Waals surface area contributed by atoms with Gasteiger partial charge in [-0.2, -0.15) is 0 Å². The zero-order valence-electron chi connectivity index (χ0n) is 15.4. The maximum absolute atomic E-state index is 12.8. The van der Waals surface area contributed by atoms with E-state index in [1.165, 1.54) is 0 Å². The van der Waals surface area contributed by atoms with Crippen LogP contribution in [0.5, 0.6) is 5.75 Å². The molecule has 5 nitrogen and oxygen atoms in total. The van der Waals surface area contributed by atoms with Gasteiger partial charge in [0.25, 0.3) is 0 Å². The molecule has 146 valence electrons. The van der Waals surface area contributed by atoms with Gasteiger partial charge in [-0.05, 0) is 42.3 Å². The van der Waals surface area contributed by atoms with Gasteiger partial charge in [-0.15, -0.1) is 0 Å². The lowest BCUT2D eigenvalue weighted by atomic mass is 9.84. The number of hydrogen-bond acceptors (Lipinski definition) is 4. The van der Waals surface area contributed by atoms with Crippen molar-refractivity contribution in [3.63, 3.8) is 0 Å². The second-order valence-corrected chi connectivity index (χ2v) is 7.28. The number of nitrogens with one attached hydrogen (secondary N) is 1. The molecule has 0 fully saturated rings. The first kappa shape index (κ1) is 20.2. The van der Waals surface area contributed by atoms with Crippen LogP contribution < -0.4 is 10.1 Å². The summed E-state index contributed by atoms with van der Waals surface area (Å²) in [5.41, 5.74) is 2.34. The van der Waals surface area contributed by atoms with Crippen LogP contribution in [0, 0.1) is 0 Å². The summed E-state index contributed by atoms with van der Waals surface area (Å²) in [6.45, 7) is 1.78. The van der Waals surface area contributed by atoms with E-state index in [1.807, 2.05) is 12.1 Å². The van der Waals surface area contributed by atoms with Crippen molar-refractivity contribution in [2.75, 3.05) is 7.11 Å². The molecule has 0 aromatic heterocycles. The summed E-state index contributed by atoms with van der Waals surface area (Å²) in [5.74, 6) is -0.451. The van der Waals surface area contributed by atoms with Crippen LogP contribution in [0.3, 0.4) is 0 Å². The van der Waals surface area contributed by atoms with Gasteiger partial charge in [0, 0.05) is 28.1 Å². The Balaban J connectivity index is 1.83. The molecule has 1 aliphatic rings. The standard InChI is InChI=1S/C21H19Cl2NO4/c1-12-20(21(26)28-11-13-3-6-15(27-2)7-4-13)17(10-19(25)24-12)16-8-5-14(22)9-18(16)23/h3-9,17H,10-11H2,1-2H3,(H,24,25)/t17-/m1/s1. The summed E-state index contributed by atoms with van der Waals surface area (Å²) >= 11 is 12.3. The average molecular weight is 420 g/mol. The molecule has 0 bridgehead atoms. The van der Waals surface area contributed by atoms with Crippen LogP contribution in [-0.2, 0) is 20.9 Å². The van der Waals surface area contributed by atoms with Gasteiger partial charge in [0.1, 0.15) is 12.4 Å². The van der Waals surface area contributed by atoms with Crippen molar-refractivity contribution >= 4 is 35.1 Å². The molecule has 3 rings (SSSR count). The number of halogens is 2. The molecule has 7 heteroatoms. The minimum Gasteiger partial charge on any atom is -0.497 e. The van der Waals surface area contributed by atoms with Gasteiger partial charge in [-0.1, -0.05) is 41.4 Å². The number of hydrogen-bond donors (Lipinski definition) is 1. The first-order valence-corrected chi connectivity index (χ1v) is 9.40. The average Bonchev–Trinajstić information content (AvgIpc) is 2.66. The smallest absolute Gasteiger partial charge is 0.336 e. The number of rotatable bonds is 5. The van der Waals surface area contributed by atoms with E-state index >= 15 is 0 Å². The van der Waals surface area contributed by atoms with E-state index in [0.717, 1.165) is 11.3 Å². The normalized spacial score (nSPS) is 16.6. The molecule has 1 N–H and O–H groups in total. The van der Waals surface area contributed by atoms with Gasteiger partial charge >= 0.3 is 5.97 Å². The van der Waals surface area contributed by atoms with E-state index in [0.29, 0.717) is 26.9 Å². The third-order valence-corrected chi connectivity index (χ3v) is 5.12. The molecular formula is C21H19Cl2NO4. The zero-order chi connectivity index (χ0) is 20.3. The highest BCUT2D eigenvalue weighted by molar-refractivity contribution is 6.35. The lowest BCUT2D eigenvalue weighted by Gasteiger charge is -2.27. The summed E-state index contributed by atoms with van der Waals surface area (Å²) in [6, 6.07) is 12.3. The Hall–Kier alpha value is -2.50. The molecule has 0 radical (unpaired) electrons. The third kappa shape index (κ3) is 4.49. The van der Waals surface area contributed by atoms with Crippen LogP contribution in [-0.4, -0.2) is 19.0 Å². The fraction of sp³-hybridized carbons (Fsp3) is 0.238. The van der Waals surface area contributed by atoms with Gasteiger partial charge in [0.15, 0.2) is 0 Å². The maximum Gasteiger partial charge on any atom is 0.336 e. The number of ether oxygens (including phenoxy) is 2. The summed E-state index contributed by atoms with van der Waals surface area (Å²) in [5, 5.41) is 3.60. The minimum absolute atomic E-state index is 0.103. The number of benzene rings is 2. The summed E-state index contributed by atoms with van der Waals surface area (Å²) < 4.78 is 10.6. The highest BCUT2D eigenvalue weighted by Crippen LogP contribution is 2.38. The first-order chi connectivity index (χ1) is 13.4. The largest absolute Gasteiger partial charge is 0.497 e. The summed E-state index contributed by atoms with van der Waals surface area (Å²) in [7, 11) is 1.59. The quantitative estimate of drug-likeness (QED) is 0.717. The van der Waals surface area contributed by atoms with Crippen LogP contribution in [0.1, 0.15) is 30.4 Å². The summed E-state index contributed by atoms with van der Waals surface area (Å²) in [6.07, 6.45) is 0.103. The molecule has 0 saturated heterocycles. The maximum atomic E-state index is 12.8. The Bertz CT molecular complexity index is 938. The molecule has 2 aromatic carbocycles. The number of carbonyl (C=O) groups excluding carboxylic acids is 2. The highest BCUT2D eigenvalue weighted by atomic mass is 35.5. The number of allylic oxidation sites excluding steroid dienone is 1. The predicted octanol–water partition coefficient (Wildman–Crippen LogP) is 4.62. The molecule has 0 spiro atoms. The Kier molecular flexibility index (Phi) is 6.27. The van der Waals surface area contributed by atoms with E-state index in [-0.39, 0.29) is 18.9 Å². The van der Waals surface area contributed by atoms with Gasteiger partial charge in [-0.3, -0.25) is 4.79 Å². The first-order valence-electron chi connectivity index (χ1n) is 8.64. The minimum atomic E-state index is -0.498. The predicted molar refractivity (Wildman–Crippen MR) is 107 cm³/mol. The monoisotopic (exact) mass is 419 g/mol. The number of methoxy groups -OCH3 is 1. The fourth-order valence-corrected chi connectivity index (χ4v) is 3.71. The van der Waals surface area contributed by atoms with Crippen LogP contribution in [0.15, 0.2) is 53.7 Å². The fourth-order valence-electron chi connectivity index (χ4n) is 3.17. The van der Waals surface area contributed by atoms with E-state index in [2.05, 4.69) is 5.32 Å². The van der Waals surface area contributed by atoms with Crippen molar-refractivity contribution in [3.05, 3.63) is 74.9 Å². The van der Waals surface area contributed by atoms with Crippen molar-refractivity contribution in [1.29, 1.82) is 0 Å². The van der Waals surface area contributed by atoms with E-state index in [4.69, 9.17) is 32.7 Å². The lowest BCUT2D eigenvalue weighted by Crippen LogP contribution is -2.34. The molecule has 1 amide bonds. The topological polar surface area (TPSA) is 64.6 Å². The van der Waals surface area contributed by atoms with Crippen LogP contribution >= 0.6 is 23.2 Å². The van der Waals surface area contributed by atoms with E-state index < -0.39 is 11.9 Å². The second kappa shape index (κ2) is 8.67. The highest BCUT2D eigenvalue weighted by Gasteiger charge is 2.33. The zero-order valence-corrected chi connectivity index (χ0v) is 16.9. The molecule has 28 heavy (non-hydrogen) atoms. The number of amides is 1. The molecule has 1 atom stereocenters. The Labute approximate surface area is 173 Å². The molecule has 0 saturated carbocycles. The Morgan fingerprint density at radius 3 is 2.54 bits per heavy atom. The molecule has 0 aliphatic carbocycles. The molecular weight excluding hydrogens is 401 g/mol. The van der Waals surface area contributed by atoms with Gasteiger partial charge in [-0.25, -0.2) is 4.79 Å². The van der Waals surface area contributed by atoms with E-state index in [9.17, 15) is 9.59 Å².